The predicted octanol–water partition coefficient (Wildman–Crippen LogP) is 3.51. The van der Waals surface area contributed by atoms with Crippen molar-refractivity contribution in [1.29, 1.82) is 0 Å². The molecule has 0 unspecified atom stereocenters. The summed E-state index contributed by atoms with van der Waals surface area (Å²) in [7, 11) is 0. The van der Waals surface area contributed by atoms with Gasteiger partial charge in [-0.2, -0.15) is 0 Å². The molecule has 0 aliphatic heterocycles. The van der Waals surface area contributed by atoms with E-state index in [4.69, 9.17) is 11.6 Å². The van der Waals surface area contributed by atoms with Gasteiger partial charge in [0.15, 0.2) is 0 Å². The van der Waals surface area contributed by atoms with Gasteiger partial charge in [-0.3, -0.25) is 0 Å². The van der Waals surface area contributed by atoms with Crippen LogP contribution in [0.3, 0.4) is 0 Å². The number of nitrogens with zero attached hydrogens (tertiary/aromatic N) is 2. The first-order valence-corrected chi connectivity index (χ1v) is 6.27. The van der Waals surface area contributed by atoms with Gasteiger partial charge in [-0.25, -0.2) is 9.97 Å². The summed E-state index contributed by atoms with van der Waals surface area (Å²) in [5.41, 5.74) is 0.412. The largest absolute Gasteiger partial charge is 0.369 e. The minimum Gasteiger partial charge on any atom is -0.369 e. The number of hydrogen-bond acceptors (Lipinski definition) is 3. The molecule has 0 aromatic carbocycles. The summed E-state index contributed by atoms with van der Waals surface area (Å²) >= 11 is 5.81. The van der Waals surface area contributed by atoms with Crippen molar-refractivity contribution in [2.45, 2.75) is 39.0 Å². The normalized spacial score (nSPS) is 19.4. The van der Waals surface area contributed by atoms with E-state index >= 15 is 0 Å². The summed E-state index contributed by atoms with van der Waals surface area (Å²) in [6, 6.07) is 1.77. The Labute approximate surface area is 102 Å². The molecule has 2 rings (SSSR count). The molecule has 1 heterocycles. The Hall–Kier alpha value is -0.830. The molecular formula is C12H18ClN3. The molecule has 1 aromatic rings. The van der Waals surface area contributed by atoms with E-state index < -0.39 is 0 Å². The Balaban J connectivity index is 1.91. The number of anilines is 1. The maximum atomic E-state index is 5.81. The van der Waals surface area contributed by atoms with Gasteiger partial charge in [0.25, 0.3) is 0 Å². The topological polar surface area (TPSA) is 37.8 Å². The highest BCUT2D eigenvalue weighted by Crippen LogP contribution is 2.35. The highest BCUT2D eigenvalue weighted by Gasteiger charge is 2.26. The van der Waals surface area contributed by atoms with E-state index in [2.05, 4.69) is 22.2 Å². The molecule has 88 valence electrons. The van der Waals surface area contributed by atoms with Crippen LogP contribution < -0.4 is 5.32 Å². The fraction of sp³-hybridized carbons (Fsp3) is 0.667. The molecule has 1 fully saturated rings. The first kappa shape index (κ1) is 11.6. The molecule has 3 nitrogen and oxygen atoms in total. The van der Waals surface area contributed by atoms with E-state index in [0.717, 1.165) is 12.4 Å². The second kappa shape index (κ2) is 5.00. The smallest absolute Gasteiger partial charge is 0.134 e. The molecule has 0 spiro atoms. The van der Waals surface area contributed by atoms with Crippen LogP contribution in [0.2, 0.25) is 5.15 Å². The monoisotopic (exact) mass is 239 g/mol. The van der Waals surface area contributed by atoms with Crippen molar-refractivity contribution in [3.8, 4) is 0 Å². The third-order valence-electron chi connectivity index (χ3n) is 3.39. The van der Waals surface area contributed by atoms with Gasteiger partial charge in [0.2, 0.25) is 0 Å². The molecule has 1 N–H and O–H groups in total. The predicted molar refractivity (Wildman–Crippen MR) is 66.7 cm³/mol. The van der Waals surface area contributed by atoms with Crippen LogP contribution in [0.4, 0.5) is 5.82 Å². The highest BCUT2D eigenvalue weighted by molar-refractivity contribution is 6.29. The van der Waals surface area contributed by atoms with E-state index in [0.29, 0.717) is 10.6 Å². The van der Waals surface area contributed by atoms with Gasteiger partial charge in [0, 0.05) is 12.6 Å². The fourth-order valence-corrected chi connectivity index (χ4v) is 2.46. The van der Waals surface area contributed by atoms with Crippen LogP contribution >= 0.6 is 11.6 Å². The first-order chi connectivity index (χ1) is 7.68. The summed E-state index contributed by atoms with van der Waals surface area (Å²) in [6.45, 7) is 3.32. The van der Waals surface area contributed by atoms with E-state index in [1.807, 2.05) is 0 Å². The van der Waals surface area contributed by atoms with Crippen molar-refractivity contribution in [2.75, 3.05) is 11.9 Å². The van der Waals surface area contributed by atoms with Crippen LogP contribution in [-0.4, -0.2) is 16.5 Å². The molecule has 1 aliphatic carbocycles. The second-order valence-electron chi connectivity index (χ2n) is 4.95. The summed E-state index contributed by atoms with van der Waals surface area (Å²) in [6.07, 6.45) is 8.19. The molecule has 4 heteroatoms. The van der Waals surface area contributed by atoms with Crippen molar-refractivity contribution in [3.05, 3.63) is 17.5 Å². The zero-order chi connectivity index (χ0) is 11.4. The zero-order valence-corrected chi connectivity index (χ0v) is 10.4. The summed E-state index contributed by atoms with van der Waals surface area (Å²) in [5.74, 6) is 0.826. The molecule has 1 aromatic heterocycles. The lowest BCUT2D eigenvalue weighted by molar-refractivity contribution is 0.233. The van der Waals surface area contributed by atoms with Gasteiger partial charge in [0.1, 0.15) is 17.3 Å². The first-order valence-electron chi connectivity index (χ1n) is 5.89. The Morgan fingerprint density at radius 1 is 1.31 bits per heavy atom. The molecule has 16 heavy (non-hydrogen) atoms. The summed E-state index contributed by atoms with van der Waals surface area (Å²) in [4.78, 5) is 8.01. The number of nitrogens with one attached hydrogen (secondary N) is 1. The van der Waals surface area contributed by atoms with Gasteiger partial charge in [-0.05, 0) is 18.3 Å². The van der Waals surface area contributed by atoms with Crippen LogP contribution in [0.1, 0.15) is 39.0 Å². The van der Waals surface area contributed by atoms with Crippen molar-refractivity contribution >= 4 is 17.4 Å². The lowest BCUT2D eigenvalue weighted by Crippen LogP contribution is -2.29. The minimum atomic E-state index is 0.412. The van der Waals surface area contributed by atoms with Crippen LogP contribution in [0.25, 0.3) is 0 Å². The van der Waals surface area contributed by atoms with Gasteiger partial charge >= 0.3 is 0 Å². The average molecular weight is 240 g/mol. The molecule has 0 amide bonds. The standard InChI is InChI=1S/C12H18ClN3/c1-12(5-3-2-4-6-12)8-14-11-7-10(13)15-9-16-11/h7,9H,2-6,8H2,1H3,(H,14,15,16). The lowest BCUT2D eigenvalue weighted by Gasteiger charge is -2.33. The Morgan fingerprint density at radius 3 is 2.75 bits per heavy atom. The third-order valence-corrected chi connectivity index (χ3v) is 3.60. The Morgan fingerprint density at radius 2 is 2.06 bits per heavy atom. The van der Waals surface area contributed by atoms with E-state index in [9.17, 15) is 0 Å². The van der Waals surface area contributed by atoms with E-state index in [1.165, 1.54) is 38.4 Å². The van der Waals surface area contributed by atoms with Crippen molar-refractivity contribution in [2.24, 2.45) is 5.41 Å². The molecule has 0 bridgehead atoms. The average Bonchev–Trinajstić information content (AvgIpc) is 2.28. The molecule has 0 radical (unpaired) electrons. The minimum absolute atomic E-state index is 0.412. The van der Waals surface area contributed by atoms with Crippen LogP contribution in [0.15, 0.2) is 12.4 Å². The van der Waals surface area contributed by atoms with E-state index in [1.54, 1.807) is 6.07 Å². The van der Waals surface area contributed by atoms with Gasteiger partial charge in [0.05, 0.1) is 0 Å². The van der Waals surface area contributed by atoms with Crippen LogP contribution in [0, 0.1) is 5.41 Å². The lowest BCUT2D eigenvalue weighted by atomic mass is 9.76. The van der Waals surface area contributed by atoms with Gasteiger partial charge in [-0.1, -0.05) is 37.8 Å². The van der Waals surface area contributed by atoms with Gasteiger partial charge < -0.3 is 5.32 Å². The highest BCUT2D eigenvalue weighted by atomic mass is 35.5. The maximum absolute atomic E-state index is 5.81. The zero-order valence-electron chi connectivity index (χ0n) is 9.67. The molecule has 1 saturated carbocycles. The Kier molecular flexibility index (Phi) is 3.64. The SMILES string of the molecule is CC1(CNc2cc(Cl)ncn2)CCCCC1. The quantitative estimate of drug-likeness (QED) is 0.821. The van der Waals surface area contributed by atoms with Crippen molar-refractivity contribution < 1.29 is 0 Å². The van der Waals surface area contributed by atoms with Crippen molar-refractivity contribution in [1.82, 2.24) is 9.97 Å². The second-order valence-corrected chi connectivity index (χ2v) is 5.34. The van der Waals surface area contributed by atoms with Gasteiger partial charge in [-0.15, -0.1) is 0 Å². The van der Waals surface area contributed by atoms with E-state index in [-0.39, 0.29) is 0 Å². The fourth-order valence-electron chi connectivity index (χ4n) is 2.32. The molecular weight excluding hydrogens is 222 g/mol. The van der Waals surface area contributed by atoms with Crippen LogP contribution in [-0.2, 0) is 0 Å². The molecule has 0 saturated heterocycles. The maximum Gasteiger partial charge on any atom is 0.134 e. The number of halogens is 1. The summed E-state index contributed by atoms with van der Waals surface area (Å²) in [5, 5.41) is 3.85. The van der Waals surface area contributed by atoms with Crippen molar-refractivity contribution in [3.63, 3.8) is 0 Å². The number of hydrogen-bond donors (Lipinski definition) is 1. The molecule has 0 atom stereocenters. The number of aromatic nitrogens is 2. The van der Waals surface area contributed by atoms with Crippen LogP contribution in [0.5, 0.6) is 0 Å². The Bertz CT molecular complexity index is 348. The summed E-state index contributed by atoms with van der Waals surface area (Å²) < 4.78 is 0. The number of rotatable bonds is 3. The molecule has 1 aliphatic rings. The third kappa shape index (κ3) is 3.08.